The van der Waals surface area contributed by atoms with Crippen LogP contribution in [-0.2, 0) is 9.47 Å². The lowest BCUT2D eigenvalue weighted by molar-refractivity contribution is -0.270. The summed E-state index contributed by atoms with van der Waals surface area (Å²) in [4.78, 5) is 26.6. The second-order valence-corrected chi connectivity index (χ2v) is 13.4. The van der Waals surface area contributed by atoms with Gasteiger partial charge in [-0.15, -0.1) is 0 Å². The van der Waals surface area contributed by atoms with Crippen molar-refractivity contribution in [3.63, 3.8) is 0 Å². The first-order valence-electron chi connectivity index (χ1n) is 15.3. The molecule has 4 aliphatic carbocycles. The number of rotatable bonds is 5. The number of benzene rings is 2. The molecule has 10 atom stereocenters. The Hall–Kier alpha value is -3.00. The highest BCUT2D eigenvalue weighted by Crippen LogP contribution is 2.69. The summed E-state index contributed by atoms with van der Waals surface area (Å²) in [5.41, 5.74) is -0.896. The van der Waals surface area contributed by atoms with Crippen LogP contribution in [0.2, 0.25) is 0 Å². The summed E-state index contributed by atoms with van der Waals surface area (Å²) in [7, 11) is 0. The number of allylic oxidation sites excluding steroid dienone is 1. The third kappa shape index (κ3) is 4.35. The first kappa shape index (κ1) is 29.1. The summed E-state index contributed by atoms with van der Waals surface area (Å²) in [6.07, 6.45) is 2.44. The molecule has 3 saturated carbocycles. The predicted octanol–water partition coefficient (Wildman–Crippen LogP) is 5.09. The van der Waals surface area contributed by atoms with E-state index in [2.05, 4.69) is 13.0 Å². The molecular weight excluding hydrogens is 532 g/mol. The Balaban J connectivity index is 1.40. The highest BCUT2D eigenvalue weighted by molar-refractivity contribution is 5.90. The van der Waals surface area contributed by atoms with E-state index < -0.39 is 52.8 Å². The molecule has 7 heteroatoms. The molecule has 7 nitrogen and oxygen atoms in total. The molecule has 0 radical (unpaired) electrons. The smallest absolute Gasteiger partial charge is 0.338 e. The Morgan fingerprint density at radius 3 is 2.17 bits per heavy atom. The normalized spacial score (nSPS) is 39.6. The number of esters is 2. The van der Waals surface area contributed by atoms with Gasteiger partial charge in [0, 0.05) is 17.3 Å². The van der Waals surface area contributed by atoms with Gasteiger partial charge in [-0.25, -0.2) is 9.59 Å². The third-order valence-corrected chi connectivity index (χ3v) is 11.5. The Morgan fingerprint density at radius 2 is 1.52 bits per heavy atom. The molecule has 0 aliphatic heterocycles. The maximum Gasteiger partial charge on any atom is 0.338 e. The Bertz CT molecular complexity index is 1360. The second kappa shape index (κ2) is 10.6. The van der Waals surface area contributed by atoms with Crippen LogP contribution in [0.25, 0.3) is 0 Å². The zero-order valence-corrected chi connectivity index (χ0v) is 24.6. The fourth-order valence-corrected chi connectivity index (χ4v) is 9.30. The van der Waals surface area contributed by atoms with E-state index in [-0.39, 0.29) is 17.8 Å². The maximum atomic E-state index is 13.6. The largest absolute Gasteiger partial charge is 0.459 e. The number of hydrogen-bond acceptors (Lipinski definition) is 7. The molecule has 3 fully saturated rings. The summed E-state index contributed by atoms with van der Waals surface area (Å²) >= 11 is 0. The predicted molar refractivity (Wildman–Crippen MR) is 156 cm³/mol. The van der Waals surface area contributed by atoms with Crippen molar-refractivity contribution < 1.29 is 34.4 Å². The van der Waals surface area contributed by atoms with Crippen LogP contribution in [0.1, 0.15) is 80.0 Å². The minimum Gasteiger partial charge on any atom is -0.459 e. The lowest BCUT2D eigenvalue weighted by Gasteiger charge is -2.64. The van der Waals surface area contributed by atoms with Crippen molar-refractivity contribution in [1.82, 2.24) is 0 Å². The molecule has 6 rings (SSSR count). The average Bonchev–Trinajstić information content (AvgIpc) is 3.27. The standard InChI is InChI=1S/C35H42O7/c1-21(41-31(38)22-10-6-4-7-11-22)26-17-19-35(40)27-15-14-24-20-25(36)16-18-33(24,2)28(27)29(37)30(34(26,35)3)42-32(39)23-12-8-5-9-13-23/h4-14,21,25-30,36-37,40H,15-20H2,1-3H3/t21-,25+,26-,27-,28-,29+,30-,33+,34+,35+/m1/s1. The lowest BCUT2D eigenvalue weighted by atomic mass is 9.44. The molecule has 0 amide bonds. The first-order valence-corrected chi connectivity index (χ1v) is 15.3. The van der Waals surface area contributed by atoms with Gasteiger partial charge in [-0.05, 0) is 81.0 Å². The molecule has 0 bridgehead atoms. The summed E-state index contributed by atoms with van der Waals surface area (Å²) < 4.78 is 12.3. The van der Waals surface area contributed by atoms with Crippen molar-refractivity contribution in [2.24, 2.45) is 28.6 Å². The number of aliphatic hydroxyl groups is 3. The van der Waals surface area contributed by atoms with E-state index in [9.17, 15) is 24.9 Å². The highest BCUT2D eigenvalue weighted by Gasteiger charge is 2.74. The van der Waals surface area contributed by atoms with Crippen molar-refractivity contribution in [2.45, 2.75) is 89.3 Å². The Kier molecular flexibility index (Phi) is 7.35. The monoisotopic (exact) mass is 574 g/mol. The van der Waals surface area contributed by atoms with Crippen LogP contribution in [0.4, 0.5) is 0 Å². The van der Waals surface area contributed by atoms with Gasteiger partial charge in [0.15, 0.2) is 0 Å². The van der Waals surface area contributed by atoms with E-state index >= 15 is 0 Å². The Morgan fingerprint density at radius 1 is 0.905 bits per heavy atom. The molecule has 0 unspecified atom stereocenters. The number of ether oxygens (including phenoxy) is 2. The van der Waals surface area contributed by atoms with E-state index in [1.54, 1.807) is 48.5 Å². The molecule has 4 aliphatic rings. The van der Waals surface area contributed by atoms with Crippen molar-refractivity contribution in [2.75, 3.05) is 0 Å². The fourth-order valence-electron chi connectivity index (χ4n) is 9.30. The summed E-state index contributed by atoms with van der Waals surface area (Å²) in [5, 5.41) is 35.6. The third-order valence-electron chi connectivity index (χ3n) is 11.5. The van der Waals surface area contributed by atoms with E-state index in [1.165, 1.54) is 0 Å². The molecule has 42 heavy (non-hydrogen) atoms. The van der Waals surface area contributed by atoms with E-state index in [1.807, 2.05) is 26.0 Å². The highest BCUT2D eigenvalue weighted by atomic mass is 16.6. The molecule has 0 spiro atoms. The fraction of sp³-hybridized carbons (Fsp3) is 0.543. The average molecular weight is 575 g/mol. The SMILES string of the molecule is C[C@@H](OC(=O)c1ccccc1)[C@H]1CC[C@]2(O)[C@@H]3CC=C4C[C@@H](O)CC[C@]4(C)[C@H]3[C@H](O)[C@@H](OC(=O)c3ccccc3)[C@]12C. The topological polar surface area (TPSA) is 113 Å². The van der Waals surface area contributed by atoms with Crippen molar-refractivity contribution >= 4 is 11.9 Å². The zero-order valence-electron chi connectivity index (χ0n) is 24.6. The molecule has 2 aromatic rings. The van der Waals surface area contributed by atoms with Gasteiger partial charge in [0.2, 0.25) is 0 Å². The van der Waals surface area contributed by atoms with Crippen LogP contribution in [0.3, 0.4) is 0 Å². The molecule has 3 N–H and O–H groups in total. The minimum absolute atomic E-state index is 0.282. The minimum atomic E-state index is -1.28. The maximum absolute atomic E-state index is 13.6. The number of fused-ring (bicyclic) bond motifs is 5. The first-order chi connectivity index (χ1) is 20.0. The van der Waals surface area contributed by atoms with Gasteiger partial charge in [0.05, 0.1) is 28.9 Å². The van der Waals surface area contributed by atoms with Gasteiger partial charge in [0.25, 0.3) is 0 Å². The van der Waals surface area contributed by atoms with Crippen molar-refractivity contribution in [1.29, 1.82) is 0 Å². The quantitative estimate of drug-likeness (QED) is 0.337. The van der Waals surface area contributed by atoms with E-state index in [4.69, 9.17) is 9.47 Å². The number of hydrogen-bond donors (Lipinski definition) is 3. The van der Waals surface area contributed by atoms with Gasteiger partial charge in [-0.3, -0.25) is 0 Å². The number of aliphatic hydroxyl groups excluding tert-OH is 2. The number of carbonyl (C=O) groups excluding carboxylic acids is 2. The van der Waals surface area contributed by atoms with Crippen LogP contribution in [-0.4, -0.2) is 57.3 Å². The lowest BCUT2D eigenvalue weighted by Crippen LogP contribution is -2.72. The molecule has 224 valence electrons. The van der Waals surface area contributed by atoms with Gasteiger partial charge in [-0.2, -0.15) is 0 Å². The van der Waals surface area contributed by atoms with Crippen LogP contribution >= 0.6 is 0 Å². The molecule has 2 aromatic carbocycles. The van der Waals surface area contributed by atoms with Crippen LogP contribution in [0.15, 0.2) is 72.3 Å². The molecule has 0 heterocycles. The summed E-state index contributed by atoms with van der Waals surface area (Å²) in [6.45, 7) is 5.87. The molecular formula is C35H42O7. The van der Waals surface area contributed by atoms with Crippen molar-refractivity contribution in [3.8, 4) is 0 Å². The number of carbonyl (C=O) groups is 2. The van der Waals surface area contributed by atoms with Gasteiger partial charge in [-0.1, -0.05) is 61.9 Å². The van der Waals surface area contributed by atoms with Gasteiger partial charge < -0.3 is 24.8 Å². The van der Waals surface area contributed by atoms with E-state index in [0.29, 0.717) is 49.7 Å². The second-order valence-electron chi connectivity index (χ2n) is 13.4. The van der Waals surface area contributed by atoms with Crippen molar-refractivity contribution in [3.05, 3.63) is 83.4 Å². The molecule has 0 saturated heterocycles. The zero-order chi connectivity index (χ0) is 29.9. The van der Waals surface area contributed by atoms with Gasteiger partial charge >= 0.3 is 11.9 Å². The van der Waals surface area contributed by atoms with Gasteiger partial charge in [0.1, 0.15) is 12.2 Å². The summed E-state index contributed by atoms with van der Waals surface area (Å²) in [5.74, 6) is -2.02. The van der Waals surface area contributed by atoms with Crippen LogP contribution in [0, 0.1) is 28.6 Å². The van der Waals surface area contributed by atoms with Crippen LogP contribution < -0.4 is 0 Å². The van der Waals surface area contributed by atoms with E-state index in [0.717, 1.165) is 5.57 Å². The molecule has 0 aromatic heterocycles. The Labute approximate surface area is 247 Å². The van der Waals surface area contributed by atoms with Crippen LogP contribution in [0.5, 0.6) is 0 Å². The summed E-state index contributed by atoms with van der Waals surface area (Å²) in [6, 6.07) is 17.5.